The molecule has 0 bridgehead atoms. The van der Waals surface area contributed by atoms with Crippen LogP contribution >= 0.6 is 30.7 Å². The molecule has 0 saturated carbocycles. The minimum absolute atomic E-state index is 0.0684. The Bertz CT molecular complexity index is 1280. The van der Waals surface area contributed by atoms with E-state index in [2.05, 4.69) is 40.6 Å². The Hall–Kier alpha value is -2.23. The smallest absolute Gasteiger partial charge is 0.335 e. The van der Waals surface area contributed by atoms with Crippen molar-refractivity contribution >= 4 is 53.3 Å². The molecule has 192 valence electrons. The van der Waals surface area contributed by atoms with Gasteiger partial charge in [0.2, 0.25) is 11.8 Å². The van der Waals surface area contributed by atoms with E-state index >= 15 is 0 Å². The fourth-order valence-electron chi connectivity index (χ4n) is 4.44. The van der Waals surface area contributed by atoms with Gasteiger partial charge in [-0.2, -0.15) is 0 Å². The molecule has 8 nitrogen and oxygen atoms in total. The van der Waals surface area contributed by atoms with E-state index in [4.69, 9.17) is 9.79 Å². The highest BCUT2D eigenvalue weighted by Crippen LogP contribution is 2.38. The number of fused-ring (bicyclic) bond motifs is 1. The molecule has 2 amide bonds. The van der Waals surface area contributed by atoms with E-state index in [1.54, 1.807) is 4.90 Å². The van der Waals surface area contributed by atoms with Gasteiger partial charge in [0.1, 0.15) is 11.0 Å². The van der Waals surface area contributed by atoms with Gasteiger partial charge in [0, 0.05) is 17.6 Å². The van der Waals surface area contributed by atoms with Gasteiger partial charge in [-0.25, -0.2) is 4.98 Å². The summed E-state index contributed by atoms with van der Waals surface area (Å²) in [4.78, 5) is 50.6. The molecule has 1 unspecified atom stereocenters. The molecular formula is C25H30N3O5PS2. The molecule has 1 saturated heterocycles. The first-order valence-electron chi connectivity index (χ1n) is 11.8. The second-order valence-electron chi connectivity index (χ2n) is 9.01. The van der Waals surface area contributed by atoms with Crippen LogP contribution in [0.15, 0.2) is 47.8 Å². The third-order valence-electron chi connectivity index (χ3n) is 6.12. The number of likely N-dealkylation sites (tertiary alicyclic amines) is 1. The van der Waals surface area contributed by atoms with Gasteiger partial charge >= 0.3 is 7.60 Å². The predicted molar refractivity (Wildman–Crippen MR) is 144 cm³/mol. The summed E-state index contributed by atoms with van der Waals surface area (Å²) >= 11 is 2.40. The Balaban J connectivity index is 1.49. The van der Waals surface area contributed by atoms with Crippen LogP contribution < -0.4 is 5.32 Å². The van der Waals surface area contributed by atoms with Crippen molar-refractivity contribution in [2.24, 2.45) is 0 Å². The summed E-state index contributed by atoms with van der Waals surface area (Å²) < 4.78 is 11.1. The highest BCUT2D eigenvalue weighted by atomic mass is 32.2. The quantitative estimate of drug-likeness (QED) is 0.343. The minimum atomic E-state index is -4.19. The molecule has 3 aromatic rings. The summed E-state index contributed by atoms with van der Waals surface area (Å²) in [7, 11) is -4.19. The molecule has 1 aliphatic rings. The lowest BCUT2D eigenvalue weighted by molar-refractivity contribution is -0.140. The summed E-state index contributed by atoms with van der Waals surface area (Å²) in [5, 5.41) is 8.23. The van der Waals surface area contributed by atoms with Gasteiger partial charge in [-0.05, 0) is 48.9 Å². The standard InChI is InChI=1S/C25H30N3O5PS2/c1-17-14-36-25(26-17)21(13-18-9-10-19-6-2-3-7-20(19)12-18)27-24(30)22-8-4-5-11-28(22)23(29)15-35-16-34(31,32)33/h2-3,6-7,9-10,12,14,21-22H,4-5,8,11,13,15-16H2,1H3,(H,27,30)(H2,31,32,33)/t21?,22-/m0/s1. The number of carbonyl (C=O) groups is 2. The van der Waals surface area contributed by atoms with Crippen LogP contribution in [0.5, 0.6) is 0 Å². The van der Waals surface area contributed by atoms with Crippen molar-refractivity contribution in [3.8, 4) is 0 Å². The molecule has 2 heterocycles. The maximum Gasteiger partial charge on any atom is 0.335 e. The minimum Gasteiger partial charge on any atom is -0.345 e. The van der Waals surface area contributed by atoms with Crippen LogP contribution in [0.25, 0.3) is 10.8 Å². The molecule has 11 heteroatoms. The van der Waals surface area contributed by atoms with Crippen LogP contribution in [-0.4, -0.2) is 55.3 Å². The lowest BCUT2D eigenvalue weighted by atomic mass is 9.99. The molecule has 3 N–H and O–H groups in total. The third-order valence-corrected chi connectivity index (χ3v) is 9.72. The third kappa shape index (κ3) is 7.17. The number of rotatable bonds is 9. The maximum atomic E-state index is 13.5. The zero-order valence-electron chi connectivity index (χ0n) is 20.0. The number of carbonyl (C=O) groups excluding carboxylic acids is 2. The monoisotopic (exact) mass is 547 g/mol. The fraction of sp³-hybridized carbons (Fsp3) is 0.400. The molecule has 4 rings (SSSR count). The highest BCUT2D eigenvalue weighted by Gasteiger charge is 2.34. The first-order valence-corrected chi connectivity index (χ1v) is 15.6. The van der Waals surface area contributed by atoms with Crippen LogP contribution in [0.3, 0.4) is 0 Å². The number of thioether (sulfide) groups is 1. The zero-order valence-corrected chi connectivity index (χ0v) is 22.5. The topological polar surface area (TPSA) is 120 Å². The number of hydrogen-bond acceptors (Lipinski definition) is 6. The van der Waals surface area contributed by atoms with Crippen molar-refractivity contribution in [3.63, 3.8) is 0 Å². The average molecular weight is 548 g/mol. The Morgan fingerprint density at radius 3 is 2.72 bits per heavy atom. The highest BCUT2D eigenvalue weighted by molar-refractivity contribution is 8.04. The summed E-state index contributed by atoms with van der Waals surface area (Å²) in [6, 6.07) is 13.5. The fourth-order valence-corrected chi connectivity index (χ4v) is 6.94. The van der Waals surface area contributed by atoms with Gasteiger partial charge in [-0.15, -0.1) is 23.1 Å². The van der Waals surface area contributed by atoms with Gasteiger partial charge in [0.25, 0.3) is 0 Å². The van der Waals surface area contributed by atoms with E-state index in [0.717, 1.165) is 51.6 Å². The van der Waals surface area contributed by atoms with Gasteiger partial charge in [0.05, 0.1) is 17.3 Å². The number of amides is 2. The Morgan fingerprint density at radius 1 is 1.22 bits per heavy atom. The lowest BCUT2D eigenvalue weighted by Gasteiger charge is -2.35. The van der Waals surface area contributed by atoms with Crippen LogP contribution in [0.2, 0.25) is 0 Å². The second-order valence-corrected chi connectivity index (χ2v) is 13.0. The van der Waals surface area contributed by atoms with Crippen molar-refractivity contribution in [2.75, 3.05) is 17.8 Å². The molecule has 1 fully saturated rings. The molecule has 36 heavy (non-hydrogen) atoms. The first-order chi connectivity index (χ1) is 17.2. The Labute approximate surface area is 218 Å². The summed E-state index contributed by atoms with van der Waals surface area (Å²) in [6.45, 7) is 2.38. The number of nitrogens with one attached hydrogen (secondary N) is 1. The normalized spacial score (nSPS) is 17.2. The van der Waals surface area contributed by atoms with Crippen LogP contribution in [-0.2, 0) is 20.6 Å². The summed E-state index contributed by atoms with van der Waals surface area (Å²) in [5.41, 5.74) is 1.56. The number of aryl methyl sites for hydroxylation is 1. The van der Waals surface area contributed by atoms with Crippen molar-refractivity contribution in [2.45, 2.75) is 44.7 Å². The van der Waals surface area contributed by atoms with Crippen molar-refractivity contribution < 1.29 is 23.9 Å². The van der Waals surface area contributed by atoms with Crippen molar-refractivity contribution in [3.05, 3.63) is 64.1 Å². The van der Waals surface area contributed by atoms with E-state index < -0.39 is 19.1 Å². The van der Waals surface area contributed by atoms with E-state index in [1.165, 1.54) is 11.3 Å². The SMILES string of the molecule is Cc1csc(C(Cc2ccc3ccccc3c2)NC(=O)[C@@H]2CCCCN2C(=O)CSCP(=O)(O)O)n1. The largest absolute Gasteiger partial charge is 0.345 e. The van der Waals surface area contributed by atoms with E-state index in [0.29, 0.717) is 19.4 Å². The predicted octanol–water partition coefficient (Wildman–Crippen LogP) is 4.25. The van der Waals surface area contributed by atoms with Gasteiger partial charge in [0.15, 0.2) is 0 Å². The number of nitrogens with zero attached hydrogens (tertiary/aromatic N) is 2. The van der Waals surface area contributed by atoms with Crippen molar-refractivity contribution in [1.29, 1.82) is 0 Å². The van der Waals surface area contributed by atoms with Gasteiger partial charge < -0.3 is 20.0 Å². The van der Waals surface area contributed by atoms with Crippen LogP contribution in [0.4, 0.5) is 0 Å². The maximum absolute atomic E-state index is 13.5. The number of thiazole rings is 1. The average Bonchev–Trinajstić information content (AvgIpc) is 3.29. The molecule has 2 aromatic carbocycles. The second kappa shape index (κ2) is 11.9. The Morgan fingerprint density at radius 2 is 2.00 bits per heavy atom. The molecule has 1 aromatic heterocycles. The number of aromatic nitrogens is 1. The van der Waals surface area contributed by atoms with Gasteiger partial charge in [-0.1, -0.05) is 42.5 Å². The van der Waals surface area contributed by atoms with E-state index in [1.807, 2.05) is 24.4 Å². The number of hydrogen-bond donors (Lipinski definition) is 3. The van der Waals surface area contributed by atoms with E-state index in [9.17, 15) is 14.2 Å². The van der Waals surface area contributed by atoms with Crippen LogP contribution in [0, 0.1) is 6.92 Å². The molecule has 0 spiro atoms. The van der Waals surface area contributed by atoms with Crippen molar-refractivity contribution in [1.82, 2.24) is 15.2 Å². The molecule has 0 aliphatic carbocycles. The summed E-state index contributed by atoms with van der Waals surface area (Å²) in [5.74, 6) is -0.563. The lowest BCUT2D eigenvalue weighted by Crippen LogP contribution is -2.53. The number of piperidine rings is 1. The van der Waals surface area contributed by atoms with Crippen LogP contribution in [0.1, 0.15) is 41.6 Å². The Kier molecular flexibility index (Phi) is 8.85. The number of benzene rings is 2. The molecule has 1 aliphatic heterocycles. The summed E-state index contributed by atoms with van der Waals surface area (Å²) in [6.07, 6.45) is 2.76. The molecule has 2 atom stereocenters. The molecular weight excluding hydrogens is 517 g/mol. The molecule has 0 radical (unpaired) electrons. The van der Waals surface area contributed by atoms with Gasteiger partial charge in [-0.3, -0.25) is 14.2 Å². The van der Waals surface area contributed by atoms with E-state index in [-0.39, 0.29) is 23.6 Å². The first kappa shape index (κ1) is 26.8. The zero-order chi connectivity index (χ0) is 25.7.